The molecule has 1 saturated heterocycles. The van der Waals surface area contributed by atoms with Gasteiger partial charge in [-0.25, -0.2) is 0 Å². The highest BCUT2D eigenvalue weighted by Crippen LogP contribution is 2.47. The topological polar surface area (TPSA) is 21.3 Å². The van der Waals surface area contributed by atoms with Gasteiger partial charge in [-0.3, -0.25) is 5.32 Å². The van der Waals surface area contributed by atoms with E-state index in [1.54, 1.807) is 0 Å². The van der Waals surface area contributed by atoms with E-state index >= 15 is 0 Å². The third-order valence-corrected chi connectivity index (χ3v) is 4.91. The van der Waals surface area contributed by atoms with Crippen LogP contribution in [-0.2, 0) is 4.74 Å². The maximum Gasteiger partial charge on any atom is 0.119 e. The van der Waals surface area contributed by atoms with Crippen LogP contribution < -0.4 is 5.32 Å². The summed E-state index contributed by atoms with van der Waals surface area (Å²) >= 11 is 0. The van der Waals surface area contributed by atoms with Gasteiger partial charge < -0.3 is 4.74 Å². The minimum absolute atomic E-state index is 0.0112. The SMILES string of the molecule is CCC1(CC)CNC2(CCC(C)(C)C2)OC1. The molecule has 0 amide bonds. The van der Waals surface area contributed by atoms with Crippen molar-refractivity contribution in [2.24, 2.45) is 10.8 Å². The van der Waals surface area contributed by atoms with Crippen LogP contribution in [0.5, 0.6) is 0 Å². The second-order valence-electron chi connectivity index (χ2n) is 6.68. The van der Waals surface area contributed by atoms with Crippen molar-refractivity contribution in [1.82, 2.24) is 5.32 Å². The van der Waals surface area contributed by atoms with Gasteiger partial charge >= 0.3 is 0 Å². The molecular formula is C14H27NO. The Morgan fingerprint density at radius 3 is 2.19 bits per heavy atom. The monoisotopic (exact) mass is 225 g/mol. The number of hydrogen-bond acceptors (Lipinski definition) is 2. The van der Waals surface area contributed by atoms with Crippen molar-refractivity contribution < 1.29 is 4.74 Å². The number of hydrogen-bond donors (Lipinski definition) is 1. The van der Waals surface area contributed by atoms with Crippen LogP contribution in [0.15, 0.2) is 0 Å². The Morgan fingerprint density at radius 1 is 1.12 bits per heavy atom. The Hall–Kier alpha value is -0.0800. The second kappa shape index (κ2) is 3.99. The molecule has 1 heterocycles. The fraction of sp³-hybridized carbons (Fsp3) is 1.00. The molecule has 1 spiro atoms. The Morgan fingerprint density at radius 2 is 1.81 bits per heavy atom. The summed E-state index contributed by atoms with van der Waals surface area (Å²) in [6.07, 6.45) is 6.07. The predicted octanol–water partition coefficient (Wildman–Crippen LogP) is 3.32. The van der Waals surface area contributed by atoms with E-state index in [1.165, 1.54) is 32.1 Å². The standard InChI is InChI=1S/C14H27NO/c1-5-13(6-2)10-15-14(16-11-13)8-7-12(3,4)9-14/h15H,5-11H2,1-4H3. The summed E-state index contributed by atoms with van der Waals surface area (Å²) in [5, 5.41) is 3.72. The summed E-state index contributed by atoms with van der Waals surface area (Å²) in [7, 11) is 0. The third kappa shape index (κ3) is 2.14. The zero-order valence-corrected chi connectivity index (χ0v) is 11.4. The molecule has 16 heavy (non-hydrogen) atoms. The van der Waals surface area contributed by atoms with Crippen LogP contribution in [0.2, 0.25) is 0 Å². The molecule has 0 aromatic carbocycles. The predicted molar refractivity (Wildman–Crippen MR) is 67.3 cm³/mol. The quantitative estimate of drug-likeness (QED) is 0.778. The molecule has 1 unspecified atom stereocenters. The molecule has 2 heteroatoms. The van der Waals surface area contributed by atoms with Crippen molar-refractivity contribution in [3.63, 3.8) is 0 Å². The molecule has 1 aliphatic heterocycles. The Balaban J connectivity index is 2.00. The highest BCUT2D eigenvalue weighted by Gasteiger charge is 2.48. The lowest BCUT2D eigenvalue weighted by Crippen LogP contribution is -2.57. The maximum atomic E-state index is 6.25. The van der Waals surface area contributed by atoms with Crippen LogP contribution in [0.4, 0.5) is 0 Å². The molecule has 0 bridgehead atoms. The molecule has 94 valence electrons. The minimum atomic E-state index is 0.0112. The van der Waals surface area contributed by atoms with E-state index in [0.717, 1.165) is 13.2 Å². The van der Waals surface area contributed by atoms with Crippen molar-refractivity contribution in [2.45, 2.75) is 65.5 Å². The van der Waals surface area contributed by atoms with E-state index in [4.69, 9.17) is 4.74 Å². The van der Waals surface area contributed by atoms with Crippen LogP contribution in [0, 0.1) is 10.8 Å². The van der Waals surface area contributed by atoms with Crippen molar-refractivity contribution in [3.8, 4) is 0 Å². The van der Waals surface area contributed by atoms with Gasteiger partial charge in [0.25, 0.3) is 0 Å². The lowest BCUT2D eigenvalue weighted by Gasteiger charge is -2.46. The minimum Gasteiger partial charge on any atom is -0.360 e. The normalized spacial score (nSPS) is 36.8. The second-order valence-corrected chi connectivity index (χ2v) is 6.68. The number of ether oxygens (including phenoxy) is 1. The summed E-state index contributed by atoms with van der Waals surface area (Å²) < 4.78 is 6.25. The van der Waals surface area contributed by atoms with Gasteiger partial charge in [0.15, 0.2) is 0 Å². The van der Waals surface area contributed by atoms with Gasteiger partial charge in [0.05, 0.1) is 6.61 Å². The Bertz CT molecular complexity index is 245. The molecule has 2 fully saturated rings. The van der Waals surface area contributed by atoms with Gasteiger partial charge in [-0.2, -0.15) is 0 Å². The van der Waals surface area contributed by atoms with Crippen molar-refractivity contribution in [1.29, 1.82) is 0 Å². The lowest BCUT2D eigenvalue weighted by atomic mass is 9.81. The van der Waals surface area contributed by atoms with E-state index in [0.29, 0.717) is 10.8 Å². The van der Waals surface area contributed by atoms with Gasteiger partial charge in [0.2, 0.25) is 0 Å². The van der Waals surface area contributed by atoms with Gasteiger partial charge in [-0.05, 0) is 37.5 Å². The first-order valence-electron chi connectivity index (χ1n) is 6.84. The smallest absolute Gasteiger partial charge is 0.119 e. The number of nitrogens with one attached hydrogen (secondary N) is 1. The summed E-state index contributed by atoms with van der Waals surface area (Å²) in [5.41, 5.74) is 0.848. The first-order chi connectivity index (χ1) is 7.45. The van der Waals surface area contributed by atoms with Gasteiger partial charge in [-0.1, -0.05) is 27.7 Å². The fourth-order valence-electron chi connectivity index (χ4n) is 3.21. The number of rotatable bonds is 2. The van der Waals surface area contributed by atoms with E-state index in [2.05, 4.69) is 33.0 Å². The van der Waals surface area contributed by atoms with Gasteiger partial charge in [-0.15, -0.1) is 0 Å². The Labute approximate surface area is 100 Å². The van der Waals surface area contributed by atoms with Gasteiger partial charge in [0.1, 0.15) is 5.72 Å². The molecular weight excluding hydrogens is 198 g/mol. The molecule has 2 nitrogen and oxygen atoms in total. The van der Waals surface area contributed by atoms with E-state index in [9.17, 15) is 0 Å². The molecule has 2 aliphatic rings. The zero-order valence-electron chi connectivity index (χ0n) is 11.4. The van der Waals surface area contributed by atoms with Crippen LogP contribution in [-0.4, -0.2) is 18.9 Å². The average Bonchev–Trinajstić information content (AvgIpc) is 2.57. The van der Waals surface area contributed by atoms with E-state index < -0.39 is 0 Å². The van der Waals surface area contributed by atoms with Crippen LogP contribution in [0.25, 0.3) is 0 Å². The lowest BCUT2D eigenvalue weighted by molar-refractivity contribution is -0.147. The average molecular weight is 225 g/mol. The zero-order chi connectivity index (χ0) is 11.9. The molecule has 0 aromatic heterocycles. The largest absolute Gasteiger partial charge is 0.360 e. The van der Waals surface area contributed by atoms with Crippen molar-refractivity contribution in [2.75, 3.05) is 13.2 Å². The van der Waals surface area contributed by atoms with E-state index in [1.807, 2.05) is 0 Å². The molecule has 0 aromatic rings. The third-order valence-electron chi connectivity index (χ3n) is 4.91. The highest BCUT2D eigenvalue weighted by atomic mass is 16.5. The molecule has 1 atom stereocenters. The van der Waals surface area contributed by atoms with E-state index in [-0.39, 0.29) is 5.72 Å². The van der Waals surface area contributed by atoms with Crippen LogP contribution in [0.1, 0.15) is 59.8 Å². The molecule has 1 saturated carbocycles. The summed E-state index contributed by atoms with van der Waals surface area (Å²) in [6.45, 7) is 11.4. The molecule has 1 aliphatic carbocycles. The van der Waals surface area contributed by atoms with Crippen LogP contribution >= 0.6 is 0 Å². The van der Waals surface area contributed by atoms with Gasteiger partial charge in [0, 0.05) is 12.0 Å². The maximum absolute atomic E-state index is 6.25. The summed E-state index contributed by atoms with van der Waals surface area (Å²) in [4.78, 5) is 0. The fourth-order valence-corrected chi connectivity index (χ4v) is 3.21. The first-order valence-corrected chi connectivity index (χ1v) is 6.84. The summed E-state index contributed by atoms with van der Waals surface area (Å²) in [6, 6.07) is 0. The molecule has 0 radical (unpaired) electrons. The van der Waals surface area contributed by atoms with Crippen molar-refractivity contribution >= 4 is 0 Å². The molecule has 2 rings (SSSR count). The Kier molecular flexibility index (Phi) is 3.09. The summed E-state index contributed by atoms with van der Waals surface area (Å²) in [5.74, 6) is 0. The molecule has 1 N–H and O–H groups in total. The highest BCUT2D eigenvalue weighted by molar-refractivity contribution is 4.98. The van der Waals surface area contributed by atoms with Crippen molar-refractivity contribution in [3.05, 3.63) is 0 Å². The van der Waals surface area contributed by atoms with Crippen LogP contribution in [0.3, 0.4) is 0 Å². The first kappa shape index (κ1) is 12.4.